The number of aliphatic hydroxyl groups excluding tert-OH is 2. The van der Waals surface area contributed by atoms with Crippen LogP contribution in [0.1, 0.15) is 79.1 Å². The summed E-state index contributed by atoms with van der Waals surface area (Å²) in [5.41, 5.74) is 0.678. The van der Waals surface area contributed by atoms with Crippen molar-refractivity contribution in [2.45, 2.75) is 153 Å². The van der Waals surface area contributed by atoms with E-state index in [4.69, 9.17) is 37.9 Å². The number of methoxy groups -OCH3 is 3. The number of hydrogen-bond acceptors (Lipinski definition) is 12. The van der Waals surface area contributed by atoms with Gasteiger partial charge in [0.2, 0.25) is 0 Å². The van der Waals surface area contributed by atoms with Crippen LogP contribution in [0.4, 0.5) is 0 Å². The standard InChI is InChI=1S/C39H60O12/c1-8-23-10-9-11-31(51-33-18-30(40)35(43)20(3)47-33)19(2)34(42)29-16-27-25(28(29)17-32(41)49-23)13-12-22-14-24(15-26(22)27)50-39-38(46-7)37(45-6)36(44-5)21(4)48-39/h12-13,16,19-28,30-31,33,35-40,43H,8-11,14-15,17-18H2,1-7H3/t19-,20+,21+,22-,23+,24-,25-,26-,27-,28+,30+,31+,33+,35+,36+,37-,38-,39+/m1/s1. The molecule has 2 N–H and O–H groups in total. The first-order valence-electron chi connectivity index (χ1n) is 19.2. The molecule has 1 saturated carbocycles. The van der Waals surface area contributed by atoms with Gasteiger partial charge in [-0.2, -0.15) is 0 Å². The molecular weight excluding hydrogens is 660 g/mol. The highest BCUT2D eigenvalue weighted by molar-refractivity contribution is 5.99. The smallest absolute Gasteiger partial charge is 0.306 e. The van der Waals surface area contributed by atoms with Crippen LogP contribution >= 0.6 is 0 Å². The Hall–Kier alpha value is -1.74. The number of Topliss-reactive ketones (excluding diaryl/α,β-unsaturated/α-hetero) is 1. The maximum atomic E-state index is 14.5. The lowest BCUT2D eigenvalue weighted by Gasteiger charge is -2.44. The summed E-state index contributed by atoms with van der Waals surface area (Å²) >= 11 is 0. The van der Waals surface area contributed by atoms with Gasteiger partial charge in [-0.1, -0.05) is 32.1 Å². The molecule has 6 aliphatic rings. The molecule has 18 atom stereocenters. The zero-order chi connectivity index (χ0) is 36.6. The maximum absolute atomic E-state index is 14.5. The Kier molecular flexibility index (Phi) is 12.8. The van der Waals surface area contributed by atoms with E-state index in [0.717, 1.165) is 12.8 Å². The SMILES string of the molecule is CC[C@H]1CCC[C@H](O[C@H]2C[C@H](O)[C@@H](O)[C@H](C)O2)[C@@H](C)C(=O)C2=C[C@@H]3[C@@H](C=C[C@@H]4C[C@@H](O[C@@H]5O[C@@H](C)[C@H](OC)[C@@H](OC)[C@H]5OC)C[C@@H]34)[C@@H]2CC(=O)O1. The number of rotatable bonds is 8. The van der Waals surface area contributed by atoms with Crippen molar-refractivity contribution < 1.29 is 57.7 Å². The van der Waals surface area contributed by atoms with E-state index in [0.29, 0.717) is 31.3 Å². The van der Waals surface area contributed by atoms with E-state index in [1.807, 2.05) is 20.8 Å². The zero-order valence-corrected chi connectivity index (χ0v) is 31.3. The van der Waals surface area contributed by atoms with E-state index in [1.165, 1.54) is 0 Å². The van der Waals surface area contributed by atoms with Crippen molar-refractivity contribution in [3.63, 3.8) is 0 Å². The number of ketones is 1. The Labute approximate surface area is 302 Å². The van der Waals surface area contributed by atoms with Gasteiger partial charge in [0.15, 0.2) is 18.4 Å². The van der Waals surface area contributed by atoms with E-state index in [9.17, 15) is 19.8 Å². The first kappa shape index (κ1) is 39.0. The summed E-state index contributed by atoms with van der Waals surface area (Å²) in [6.45, 7) is 7.59. The highest BCUT2D eigenvalue weighted by Gasteiger charge is 2.52. The van der Waals surface area contributed by atoms with Gasteiger partial charge in [-0.3, -0.25) is 9.59 Å². The van der Waals surface area contributed by atoms with Gasteiger partial charge in [0, 0.05) is 39.6 Å². The van der Waals surface area contributed by atoms with Crippen LogP contribution in [0.3, 0.4) is 0 Å². The largest absolute Gasteiger partial charge is 0.462 e. The monoisotopic (exact) mass is 720 g/mol. The molecule has 0 aromatic carbocycles. The molecule has 0 bridgehead atoms. The molecule has 0 aromatic heterocycles. The highest BCUT2D eigenvalue weighted by atomic mass is 16.7. The fourth-order valence-electron chi connectivity index (χ4n) is 9.79. The summed E-state index contributed by atoms with van der Waals surface area (Å²) < 4.78 is 48.6. The van der Waals surface area contributed by atoms with E-state index in [2.05, 4.69) is 18.2 Å². The predicted octanol–water partition coefficient (Wildman–Crippen LogP) is 3.89. The van der Waals surface area contributed by atoms with Gasteiger partial charge in [0.05, 0.1) is 36.9 Å². The van der Waals surface area contributed by atoms with Crippen molar-refractivity contribution in [3.8, 4) is 0 Å². The van der Waals surface area contributed by atoms with Crippen molar-refractivity contribution in [1.29, 1.82) is 0 Å². The molecule has 0 aromatic rings. The third-order valence-electron chi connectivity index (χ3n) is 12.7. The number of carbonyl (C=O) groups excluding carboxylic acids is 2. The molecule has 12 nitrogen and oxygen atoms in total. The normalized spacial score (nSPS) is 47.7. The van der Waals surface area contributed by atoms with Gasteiger partial charge in [0.1, 0.15) is 30.5 Å². The molecule has 12 heteroatoms. The summed E-state index contributed by atoms with van der Waals surface area (Å²) in [6.07, 6.45) is 5.09. The van der Waals surface area contributed by atoms with Crippen LogP contribution in [0.15, 0.2) is 23.8 Å². The average Bonchev–Trinajstić information content (AvgIpc) is 3.69. The molecule has 0 amide bonds. The van der Waals surface area contributed by atoms with Gasteiger partial charge in [-0.15, -0.1) is 0 Å². The molecule has 51 heavy (non-hydrogen) atoms. The Morgan fingerprint density at radius 2 is 1.59 bits per heavy atom. The minimum Gasteiger partial charge on any atom is -0.462 e. The molecule has 3 aliphatic carbocycles. The molecular formula is C39H60O12. The first-order valence-corrected chi connectivity index (χ1v) is 19.2. The lowest BCUT2D eigenvalue weighted by molar-refractivity contribution is -0.314. The Bertz CT molecular complexity index is 1260. The third kappa shape index (κ3) is 8.05. The van der Waals surface area contributed by atoms with Crippen LogP contribution in [-0.4, -0.2) is 117 Å². The van der Waals surface area contributed by atoms with E-state index in [1.54, 1.807) is 28.3 Å². The molecule has 0 radical (unpaired) electrons. The molecule has 3 saturated heterocycles. The van der Waals surface area contributed by atoms with Crippen molar-refractivity contribution in [1.82, 2.24) is 0 Å². The van der Waals surface area contributed by atoms with Crippen LogP contribution in [-0.2, 0) is 47.5 Å². The van der Waals surface area contributed by atoms with Gasteiger partial charge >= 0.3 is 5.97 Å². The number of esters is 1. The summed E-state index contributed by atoms with van der Waals surface area (Å²) in [5, 5.41) is 20.7. The second-order valence-electron chi connectivity index (χ2n) is 15.7. The lowest BCUT2D eigenvalue weighted by Crippen LogP contribution is -2.59. The van der Waals surface area contributed by atoms with E-state index < -0.39 is 49.0 Å². The lowest BCUT2D eigenvalue weighted by atomic mass is 9.70. The summed E-state index contributed by atoms with van der Waals surface area (Å²) in [4.78, 5) is 28.0. The fourth-order valence-corrected chi connectivity index (χ4v) is 9.79. The maximum Gasteiger partial charge on any atom is 0.306 e. The predicted molar refractivity (Wildman–Crippen MR) is 184 cm³/mol. The fraction of sp³-hybridized carbons (Fsp3) is 0.846. The Morgan fingerprint density at radius 3 is 2.27 bits per heavy atom. The van der Waals surface area contributed by atoms with Gasteiger partial charge in [-0.25, -0.2) is 0 Å². The summed E-state index contributed by atoms with van der Waals surface area (Å²) in [6, 6.07) is 0. The minimum atomic E-state index is -0.990. The number of aliphatic hydroxyl groups is 2. The first-order chi connectivity index (χ1) is 24.5. The summed E-state index contributed by atoms with van der Waals surface area (Å²) in [7, 11) is 4.92. The Balaban J connectivity index is 1.22. The van der Waals surface area contributed by atoms with E-state index >= 15 is 0 Å². The van der Waals surface area contributed by atoms with Gasteiger partial charge in [-0.05, 0) is 81.6 Å². The van der Waals surface area contributed by atoms with Crippen LogP contribution < -0.4 is 0 Å². The van der Waals surface area contributed by atoms with Crippen molar-refractivity contribution >= 4 is 11.8 Å². The summed E-state index contributed by atoms with van der Waals surface area (Å²) in [5.74, 6) is -0.544. The number of cyclic esters (lactones) is 1. The van der Waals surface area contributed by atoms with Gasteiger partial charge in [0.25, 0.3) is 0 Å². The topological polar surface area (TPSA) is 148 Å². The second-order valence-corrected chi connectivity index (χ2v) is 15.7. The molecule has 6 rings (SSSR count). The van der Waals surface area contributed by atoms with Gasteiger partial charge < -0.3 is 48.1 Å². The van der Waals surface area contributed by atoms with Crippen LogP contribution in [0.5, 0.6) is 0 Å². The van der Waals surface area contributed by atoms with Crippen LogP contribution in [0.25, 0.3) is 0 Å². The number of hydrogen-bond donors (Lipinski definition) is 2. The molecule has 0 spiro atoms. The third-order valence-corrected chi connectivity index (χ3v) is 12.7. The minimum absolute atomic E-state index is 0.0109. The molecule has 0 unspecified atom stereocenters. The molecule has 3 aliphatic heterocycles. The number of allylic oxidation sites excluding steroid dienone is 4. The van der Waals surface area contributed by atoms with Crippen LogP contribution in [0.2, 0.25) is 0 Å². The number of ether oxygens (including phenoxy) is 8. The molecule has 3 heterocycles. The van der Waals surface area contributed by atoms with Crippen molar-refractivity contribution in [2.24, 2.45) is 35.5 Å². The highest BCUT2D eigenvalue weighted by Crippen LogP contribution is 2.54. The van der Waals surface area contributed by atoms with E-state index in [-0.39, 0.29) is 84.7 Å². The average molecular weight is 721 g/mol. The molecule has 4 fully saturated rings. The van der Waals surface area contributed by atoms with Crippen molar-refractivity contribution in [3.05, 3.63) is 23.8 Å². The number of fused-ring (bicyclic) bond motifs is 5. The molecule has 288 valence electrons. The quantitative estimate of drug-likeness (QED) is 0.277. The zero-order valence-electron chi connectivity index (χ0n) is 31.3. The number of carbonyl (C=O) groups is 2. The Morgan fingerprint density at radius 1 is 0.843 bits per heavy atom. The van der Waals surface area contributed by atoms with Crippen molar-refractivity contribution in [2.75, 3.05) is 21.3 Å². The van der Waals surface area contributed by atoms with Crippen LogP contribution in [0, 0.1) is 35.5 Å². The second kappa shape index (κ2) is 16.7.